The third-order valence-electron chi connectivity index (χ3n) is 4.36. The number of likely N-dealkylation sites (tertiary alicyclic amines) is 1. The minimum atomic E-state index is -3.00. The van der Waals surface area contributed by atoms with Crippen LogP contribution >= 0.6 is 24.0 Å². The first kappa shape index (κ1) is 22.8. The summed E-state index contributed by atoms with van der Waals surface area (Å²) in [6, 6.07) is 4.31. The first-order valence-corrected chi connectivity index (χ1v) is 8.45. The lowest BCUT2D eigenvalue weighted by molar-refractivity contribution is -0.0506. The maximum Gasteiger partial charge on any atom is 0.387 e. The van der Waals surface area contributed by atoms with E-state index in [2.05, 4.69) is 32.2 Å². The van der Waals surface area contributed by atoms with E-state index < -0.39 is 12.4 Å². The molecule has 0 bridgehead atoms. The second kappa shape index (κ2) is 11.5. The Hall–Kier alpha value is -1.23. The van der Waals surface area contributed by atoms with Crippen LogP contribution in [0.2, 0.25) is 0 Å². The zero-order valence-electron chi connectivity index (χ0n) is 15.0. The van der Waals surface area contributed by atoms with Crippen LogP contribution in [-0.4, -0.2) is 50.2 Å². The van der Waals surface area contributed by atoms with E-state index in [1.807, 2.05) is 0 Å². The Labute approximate surface area is 169 Å². The average molecular weight is 486 g/mol. The summed E-state index contributed by atoms with van der Waals surface area (Å²) in [5, 5.41) is 6.16. The Morgan fingerprint density at radius 2 is 2.15 bits per heavy atom. The molecule has 1 heterocycles. The number of hydrogen-bond donors (Lipinski definition) is 2. The SMILES string of the molecule is CCN1CCCC1CNC(=NC)NCc1c(F)cccc1OC(F)F.I. The Kier molecular flexibility index (Phi) is 10.1. The summed E-state index contributed by atoms with van der Waals surface area (Å²) < 4.78 is 43.2. The number of hydrogen-bond acceptors (Lipinski definition) is 3. The summed E-state index contributed by atoms with van der Waals surface area (Å²) in [5.74, 6) is -0.283. The van der Waals surface area contributed by atoms with Crippen molar-refractivity contribution in [2.24, 2.45) is 4.99 Å². The highest BCUT2D eigenvalue weighted by molar-refractivity contribution is 14.0. The van der Waals surface area contributed by atoms with Gasteiger partial charge in [-0.3, -0.25) is 9.89 Å². The molecule has 0 amide bonds. The highest BCUT2D eigenvalue weighted by Gasteiger charge is 2.23. The van der Waals surface area contributed by atoms with Crippen LogP contribution in [-0.2, 0) is 6.54 Å². The molecule has 1 saturated heterocycles. The summed E-state index contributed by atoms with van der Waals surface area (Å²) in [7, 11) is 1.61. The maximum atomic E-state index is 14.0. The number of guanidine groups is 1. The highest BCUT2D eigenvalue weighted by atomic mass is 127. The van der Waals surface area contributed by atoms with Crippen LogP contribution in [0.25, 0.3) is 0 Å². The van der Waals surface area contributed by atoms with Gasteiger partial charge in [0, 0.05) is 31.7 Å². The standard InChI is InChI=1S/C17H25F3N4O.HI/c1-3-24-9-5-6-12(24)10-22-17(21-2)23-11-13-14(18)7-4-8-15(13)25-16(19)20;/h4,7-8,12,16H,3,5-6,9-11H2,1-2H3,(H2,21,22,23);1H. The van der Waals surface area contributed by atoms with E-state index in [0.717, 1.165) is 26.1 Å². The Morgan fingerprint density at radius 3 is 2.81 bits per heavy atom. The molecule has 2 N–H and O–H groups in total. The summed E-state index contributed by atoms with van der Waals surface area (Å²) in [6.07, 6.45) is 2.30. The number of halogens is 4. The smallest absolute Gasteiger partial charge is 0.387 e. The molecule has 5 nitrogen and oxygen atoms in total. The number of nitrogens with zero attached hydrogens (tertiary/aromatic N) is 2. The third kappa shape index (κ3) is 6.49. The summed E-state index contributed by atoms with van der Waals surface area (Å²) >= 11 is 0. The number of benzene rings is 1. The van der Waals surface area contributed by atoms with Gasteiger partial charge in [0.05, 0.1) is 0 Å². The highest BCUT2D eigenvalue weighted by Crippen LogP contribution is 2.23. The molecule has 0 aromatic heterocycles. The first-order chi connectivity index (χ1) is 12.0. The van der Waals surface area contributed by atoms with E-state index in [4.69, 9.17) is 0 Å². The average Bonchev–Trinajstić information content (AvgIpc) is 3.04. The second-order valence-corrected chi connectivity index (χ2v) is 5.83. The van der Waals surface area contributed by atoms with E-state index in [0.29, 0.717) is 12.0 Å². The van der Waals surface area contributed by atoms with Crippen molar-refractivity contribution in [2.75, 3.05) is 26.7 Å². The normalized spacial score (nSPS) is 17.9. The lowest BCUT2D eigenvalue weighted by atomic mass is 10.2. The van der Waals surface area contributed by atoms with Crippen molar-refractivity contribution in [1.29, 1.82) is 0 Å². The molecular formula is C17H26F3IN4O. The zero-order valence-corrected chi connectivity index (χ0v) is 17.3. The van der Waals surface area contributed by atoms with E-state index in [-0.39, 0.29) is 41.8 Å². The van der Waals surface area contributed by atoms with Crippen LogP contribution in [0.5, 0.6) is 5.75 Å². The Bertz CT molecular complexity index is 589. The van der Waals surface area contributed by atoms with Crippen molar-refractivity contribution >= 4 is 29.9 Å². The van der Waals surface area contributed by atoms with E-state index in [9.17, 15) is 13.2 Å². The number of likely N-dealkylation sites (N-methyl/N-ethyl adjacent to an activating group) is 1. The zero-order chi connectivity index (χ0) is 18.2. The molecule has 148 valence electrons. The van der Waals surface area contributed by atoms with Crippen LogP contribution in [0.15, 0.2) is 23.2 Å². The fourth-order valence-corrected chi connectivity index (χ4v) is 3.07. The van der Waals surface area contributed by atoms with Crippen LogP contribution in [0, 0.1) is 5.82 Å². The fraction of sp³-hybridized carbons (Fsp3) is 0.588. The van der Waals surface area contributed by atoms with E-state index >= 15 is 0 Å². The first-order valence-electron chi connectivity index (χ1n) is 8.45. The molecule has 1 aliphatic heterocycles. The van der Waals surface area contributed by atoms with Crippen molar-refractivity contribution in [2.45, 2.75) is 39.0 Å². The topological polar surface area (TPSA) is 48.9 Å². The van der Waals surface area contributed by atoms with Gasteiger partial charge in [0.2, 0.25) is 0 Å². The second-order valence-electron chi connectivity index (χ2n) is 5.83. The molecule has 1 aromatic carbocycles. The molecule has 0 aliphatic carbocycles. The summed E-state index contributed by atoms with van der Waals surface area (Å²) in [4.78, 5) is 6.49. The molecular weight excluding hydrogens is 460 g/mol. The molecule has 0 spiro atoms. The van der Waals surface area contributed by atoms with Crippen molar-refractivity contribution in [3.05, 3.63) is 29.6 Å². The number of aliphatic imine (C=N–C) groups is 1. The number of nitrogens with one attached hydrogen (secondary N) is 2. The van der Waals surface area contributed by atoms with Crippen molar-refractivity contribution < 1.29 is 17.9 Å². The minimum absolute atomic E-state index is 0. The van der Waals surface area contributed by atoms with Gasteiger partial charge in [-0.25, -0.2) is 4.39 Å². The number of rotatable bonds is 7. The van der Waals surface area contributed by atoms with Crippen molar-refractivity contribution in [3.8, 4) is 5.75 Å². The van der Waals surface area contributed by atoms with Gasteiger partial charge >= 0.3 is 6.61 Å². The molecule has 2 rings (SSSR count). The van der Waals surface area contributed by atoms with Gasteiger partial charge in [-0.05, 0) is 38.1 Å². The van der Waals surface area contributed by atoms with Gasteiger partial charge in [0.15, 0.2) is 5.96 Å². The van der Waals surface area contributed by atoms with E-state index in [1.54, 1.807) is 7.05 Å². The van der Waals surface area contributed by atoms with Gasteiger partial charge in [-0.1, -0.05) is 13.0 Å². The van der Waals surface area contributed by atoms with Crippen molar-refractivity contribution in [3.63, 3.8) is 0 Å². The van der Waals surface area contributed by atoms with Crippen LogP contribution < -0.4 is 15.4 Å². The maximum absolute atomic E-state index is 14.0. The van der Waals surface area contributed by atoms with Crippen LogP contribution in [0.1, 0.15) is 25.3 Å². The summed E-state index contributed by atoms with van der Waals surface area (Å²) in [5.41, 5.74) is 0.0433. The predicted molar refractivity (Wildman–Crippen MR) is 107 cm³/mol. The van der Waals surface area contributed by atoms with Crippen LogP contribution in [0.3, 0.4) is 0 Å². The molecule has 1 fully saturated rings. The van der Waals surface area contributed by atoms with Gasteiger partial charge < -0.3 is 15.4 Å². The fourth-order valence-electron chi connectivity index (χ4n) is 3.07. The van der Waals surface area contributed by atoms with Crippen LogP contribution in [0.4, 0.5) is 13.2 Å². The predicted octanol–water partition coefficient (Wildman–Crippen LogP) is 3.19. The minimum Gasteiger partial charge on any atom is -0.434 e. The molecule has 1 unspecified atom stereocenters. The molecule has 1 atom stereocenters. The summed E-state index contributed by atoms with van der Waals surface area (Å²) in [6.45, 7) is 1.95. The molecule has 1 aliphatic rings. The lowest BCUT2D eigenvalue weighted by Crippen LogP contribution is -2.44. The Balaban J connectivity index is 0.00000338. The lowest BCUT2D eigenvalue weighted by Gasteiger charge is -2.24. The quantitative estimate of drug-likeness (QED) is 0.353. The number of alkyl halides is 2. The van der Waals surface area contributed by atoms with Gasteiger partial charge in [0.1, 0.15) is 11.6 Å². The largest absolute Gasteiger partial charge is 0.434 e. The van der Waals surface area contributed by atoms with E-state index in [1.165, 1.54) is 24.6 Å². The van der Waals surface area contributed by atoms with Crippen molar-refractivity contribution in [1.82, 2.24) is 15.5 Å². The molecule has 9 heteroatoms. The monoisotopic (exact) mass is 486 g/mol. The Morgan fingerprint density at radius 1 is 1.38 bits per heavy atom. The number of ether oxygens (including phenoxy) is 1. The molecule has 0 saturated carbocycles. The van der Waals surface area contributed by atoms with Gasteiger partial charge in [0.25, 0.3) is 0 Å². The molecule has 0 radical (unpaired) electrons. The molecule has 26 heavy (non-hydrogen) atoms. The van der Waals surface area contributed by atoms with Gasteiger partial charge in [-0.15, -0.1) is 24.0 Å². The van der Waals surface area contributed by atoms with Gasteiger partial charge in [-0.2, -0.15) is 8.78 Å². The third-order valence-corrected chi connectivity index (χ3v) is 4.36. The molecule has 1 aromatic rings.